The molecule has 56 heavy (non-hydrogen) atoms. The van der Waals surface area contributed by atoms with Gasteiger partial charge in [-0.2, -0.15) is 0 Å². The van der Waals surface area contributed by atoms with E-state index < -0.39 is 0 Å². The molecule has 0 amide bonds. The van der Waals surface area contributed by atoms with E-state index in [1.54, 1.807) is 0 Å². The maximum Gasteiger partial charge on any atom is -0.00259 e. The van der Waals surface area contributed by atoms with Crippen molar-refractivity contribution in [1.29, 1.82) is 0 Å². The summed E-state index contributed by atoms with van der Waals surface area (Å²) in [5.41, 5.74) is 12.3. The highest BCUT2D eigenvalue weighted by atomic mass is 14.2. The summed E-state index contributed by atoms with van der Waals surface area (Å²) < 4.78 is 0. The lowest BCUT2D eigenvalue weighted by atomic mass is 9.84. The van der Waals surface area contributed by atoms with Crippen LogP contribution in [0.5, 0.6) is 0 Å². The highest BCUT2D eigenvalue weighted by Gasteiger charge is 2.19. The number of hydrogen-bond acceptors (Lipinski definition) is 0. The summed E-state index contributed by atoms with van der Waals surface area (Å²) in [5, 5.41) is 12.6. The van der Waals surface area contributed by atoms with Crippen LogP contribution in [0.15, 0.2) is 218 Å². The highest BCUT2D eigenvalue weighted by molar-refractivity contribution is 6.22. The minimum absolute atomic E-state index is 1.21. The second-order valence-corrected chi connectivity index (χ2v) is 14.8. The molecule has 0 atom stereocenters. The van der Waals surface area contributed by atoms with Crippen molar-refractivity contribution in [2.75, 3.05) is 0 Å². The summed E-state index contributed by atoms with van der Waals surface area (Å²) in [5.74, 6) is 0. The van der Waals surface area contributed by atoms with Crippen LogP contribution in [0.3, 0.4) is 0 Å². The van der Waals surface area contributed by atoms with Crippen molar-refractivity contribution in [3.05, 3.63) is 218 Å². The number of rotatable bonds is 5. The molecule has 0 aliphatic carbocycles. The van der Waals surface area contributed by atoms with Crippen LogP contribution in [-0.2, 0) is 0 Å². The molecule has 0 heteroatoms. The van der Waals surface area contributed by atoms with Crippen molar-refractivity contribution < 1.29 is 0 Å². The van der Waals surface area contributed by atoms with E-state index in [-0.39, 0.29) is 0 Å². The maximum atomic E-state index is 2.40. The first-order valence-corrected chi connectivity index (χ1v) is 19.4. The molecule has 0 fully saturated rings. The first-order chi connectivity index (χ1) is 27.8. The van der Waals surface area contributed by atoms with E-state index in [0.717, 1.165) is 0 Å². The van der Waals surface area contributed by atoms with Gasteiger partial charge in [-0.15, -0.1) is 0 Å². The van der Waals surface area contributed by atoms with Crippen molar-refractivity contribution in [2.45, 2.75) is 0 Å². The van der Waals surface area contributed by atoms with Gasteiger partial charge in [-0.05, 0) is 146 Å². The lowest BCUT2D eigenvalue weighted by Gasteiger charge is -2.19. The molecule has 0 unspecified atom stereocenters. The van der Waals surface area contributed by atoms with Gasteiger partial charge in [0.1, 0.15) is 0 Å². The average Bonchev–Trinajstić information content (AvgIpc) is 3.28. The summed E-state index contributed by atoms with van der Waals surface area (Å²) in [6.07, 6.45) is 0. The van der Waals surface area contributed by atoms with Gasteiger partial charge in [-0.1, -0.05) is 182 Å². The molecule has 0 aliphatic rings. The molecule has 0 aliphatic heterocycles. The monoisotopic (exact) mass is 708 g/mol. The Bertz CT molecular complexity index is 3170. The van der Waals surface area contributed by atoms with Crippen LogP contribution < -0.4 is 0 Å². The molecule has 0 N–H and O–H groups in total. The van der Waals surface area contributed by atoms with Gasteiger partial charge in [0.2, 0.25) is 0 Å². The average molecular weight is 709 g/mol. The Balaban J connectivity index is 1.13. The van der Waals surface area contributed by atoms with E-state index >= 15 is 0 Å². The van der Waals surface area contributed by atoms with Crippen molar-refractivity contribution >= 4 is 53.9 Å². The third-order valence-corrected chi connectivity index (χ3v) is 11.6. The van der Waals surface area contributed by atoms with Gasteiger partial charge in [-0.25, -0.2) is 0 Å². The molecule has 0 bridgehead atoms. The second kappa shape index (κ2) is 13.2. The molecule has 11 aromatic rings. The predicted molar refractivity (Wildman–Crippen MR) is 241 cm³/mol. The fraction of sp³-hybridized carbons (Fsp3) is 0. The van der Waals surface area contributed by atoms with E-state index in [9.17, 15) is 0 Å². The first kappa shape index (κ1) is 32.2. The summed E-state index contributed by atoms with van der Waals surface area (Å²) in [7, 11) is 0. The Kier molecular flexibility index (Phi) is 7.60. The normalized spacial score (nSPS) is 11.6. The zero-order valence-electron chi connectivity index (χ0n) is 30.8. The van der Waals surface area contributed by atoms with Gasteiger partial charge in [0.25, 0.3) is 0 Å². The molecule has 0 saturated carbocycles. The van der Waals surface area contributed by atoms with Crippen LogP contribution in [0, 0.1) is 0 Å². The van der Waals surface area contributed by atoms with Crippen molar-refractivity contribution in [2.24, 2.45) is 0 Å². The minimum Gasteiger partial charge on any atom is -0.0622 e. The van der Waals surface area contributed by atoms with E-state index in [1.807, 2.05) is 0 Å². The molecule has 260 valence electrons. The summed E-state index contributed by atoms with van der Waals surface area (Å²) in [6, 6.07) is 80.4. The van der Waals surface area contributed by atoms with E-state index in [4.69, 9.17) is 0 Å². The fourth-order valence-electron chi connectivity index (χ4n) is 8.98. The van der Waals surface area contributed by atoms with Crippen molar-refractivity contribution in [3.63, 3.8) is 0 Å². The van der Waals surface area contributed by atoms with Gasteiger partial charge in [0.05, 0.1) is 0 Å². The molecule has 0 spiro atoms. The van der Waals surface area contributed by atoms with E-state index in [0.29, 0.717) is 0 Å². The topological polar surface area (TPSA) is 0 Å². The Morgan fingerprint density at radius 2 is 0.607 bits per heavy atom. The van der Waals surface area contributed by atoms with Crippen LogP contribution >= 0.6 is 0 Å². The zero-order valence-corrected chi connectivity index (χ0v) is 30.8. The van der Waals surface area contributed by atoms with Crippen LogP contribution in [0.1, 0.15) is 0 Å². The maximum absolute atomic E-state index is 2.40. The smallest absolute Gasteiger partial charge is 0.00259 e. The van der Waals surface area contributed by atoms with Gasteiger partial charge < -0.3 is 0 Å². The quantitative estimate of drug-likeness (QED) is 0.123. The molecule has 0 saturated heterocycles. The second-order valence-electron chi connectivity index (χ2n) is 14.8. The molecule has 11 aromatic carbocycles. The minimum atomic E-state index is 1.21. The third-order valence-electron chi connectivity index (χ3n) is 11.6. The zero-order chi connectivity index (χ0) is 37.0. The molecule has 0 nitrogen and oxygen atoms in total. The summed E-state index contributed by atoms with van der Waals surface area (Å²) in [6.45, 7) is 0. The number of hydrogen-bond donors (Lipinski definition) is 0. The van der Waals surface area contributed by atoms with E-state index in [2.05, 4.69) is 218 Å². The van der Waals surface area contributed by atoms with Gasteiger partial charge >= 0.3 is 0 Å². The van der Waals surface area contributed by atoms with Crippen molar-refractivity contribution in [1.82, 2.24) is 0 Å². The SMILES string of the molecule is c1ccc(-c2cc(-c3ccccc3)cc(-c3c4ccccc4c(-c4ccc5ccc(-c6cc7ccccc7c7ccccc67)cc5c4)c4ccccc34)c2)cc1. The number of benzene rings is 11. The Hall–Kier alpha value is -7.28. The van der Waals surface area contributed by atoms with Gasteiger partial charge in [0, 0.05) is 0 Å². The molecule has 0 heterocycles. The largest absolute Gasteiger partial charge is 0.0622 e. The molecule has 0 aromatic heterocycles. The molecular weight excluding hydrogens is 673 g/mol. The van der Waals surface area contributed by atoms with E-state index in [1.165, 1.54) is 109 Å². The predicted octanol–water partition coefficient (Wildman–Crippen LogP) is 15.8. The fourth-order valence-corrected chi connectivity index (χ4v) is 8.98. The van der Waals surface area contributed by atoms with Crippen LogP contribution in [0.25, 0.3) is 109 Å². The summed E-state index contributed by atoms with van der Waals surface area (Å²) in [4.78, 5) is 0. The lowest BCUT2D eigenvalue weighted by Crippen LogP contribution is -1.92. The van der Waals surface area contributed by atoms with Crippen molar-refractivity contribution in [3.8, 4) is 55.6 Å². The van der Waals surface area contributed by atoms with Crippen LogP contribution in [-0.4, -0.2) is 0 Å². The third kappa shape index (κ3) is 5.38. The highest BCUT2D eigenvalue weighted by Crippen LogP contribution is 2.46. The molecule has 11 rings (SSSR count). The van der Waals surface area contributed by atoms with Gasteiger partial charge in [0.15, 0.2) is 0 Å². The lowest BCUT2D eigenvalue weighted by molar-refractivity contribution is 1.58. The Morgan fingerprint density at radius 3 is 1.20 bits per heavy atom. The molecule has 0 radical (unpaired) electrons. The standard InChI is InChI=1S/C56H36/c1-3-15-37(16-4-1)44-33-45(38-17-5-2-6-18-38)35-46(34-44)56-52-25-13-11-23-50(52)55(51-24-12-14-26-53(51)56)42-30-28-39-27-29-41(31-43(39)32-42)54-36-40-19-7-8-20-47(40)48-21-9-10-22-49(48)54/h1-36H. The molecular formula is C56H36. The first-order valence-electron chi connectivity index (χ1n) is 19.4. The summed E-state index contributed by atoms with van der Waals surface area (Å²) >= 11 is 0. The van der Waals surface area contributed by atoms with Crippen LogP contribution in [0.4, 0.5) is 0 Å². The van der Waals surface area contributed by atoms with Crippen LogP contribution in [0.2, 0.25) is 0 Å². The Labute approximate surface area is 326 Å². The number of fused-ring (bicyclic) bond motifs is 6. The van der Waals surface area contributed by atoms with Gasteiger partial charge in [-0.3, -0.25) is 0 Å². The Morgan fingerprint density at radius 1 is 0.179 bits per heavy atom.